The summed E-state index contributed by atoms with van der Waals surface area (Å²) in [5.41, 5.74) is 0. The molecule has 0 aromatic carbocycles. The van der Waals surface area contributed by atoms with E-state index in [1.54, 1.807) is 0 Å². The molecule has 1 aliphatic heterocycles. The van der Waals surface area contributed by atoms with Gasteiger partial charge in [-0.1, -0.05) is 13.8 Å². The molecule has 3 heteroatoms. The van der Waals surface area contributed by atoms with Crippen LogP contribution in [0.15, 0.2) is 0 Å². The normalized spacial score (nSPS) is 30.3. The zero-order valence-electron chi connectivity index (χ0n) is 12.5. The molecule has 106 valence electrons. The molecule has 0 amide bonds. The van der Waals surface area contributed by atoms with Crippen LogP contribution in [0.3, 0.4) is 0 Å². The van der Waals surface area contributed by atoms with Crippen molar-refractivity contribution in [3.05, 3.63) is 0 Å². The van der Waals surface area contributed by atoms with Crippen molar-refractivity contribution in [3.8, 4) is 0 Å². The summed E-state index contributed by atoms with van der Waals surface area (Å²) in [4.78, 5) is 2.66. The smallest absolute Gasteiger partial charge is 0.0597 e. The highest BCUT2D eigenvalue weighted by Gasteiger charge is 2.37. The molecular weight excluding hydrogens is 224 g/mol. The second-order valence-corrected chi connectivity index (χ2v) is 6.58. The van der Waals surface area contributed by atoms with Gasteiger partial charge in [0.2, 0.25) is 0 Å². The Balaban J connectivity index is 1.83. The number of piperazine rings is 1. The van der Waals surface area contributed by atoms with Crippen LogP contribution in [0.5, 0.6) is 0 Å². The van der Waals surface area contributed by atoms with Gasteiger partial charge in [-0.05, 0) is 38.5 Å². The van der Waals surface area contributed by atoms with E-state index in [-0.39, 0.29) is 0 Å². The van der Waals surface area contributed by atoms with Crippen LogP contribution >= 0.6 is 0 Å². The maximum absolute atomic E-state index is 5.72. The van der Waals surface area contributed by atoms with Gasteiger partial charge in [-0.2, -0.15) is 0 Å². The van der Waals surface area contributed by atoms with E-state index in [9.17, 15) is 0 Å². The lowest BCUT2D eigenvalue weighted by Gasteiger charge is -2.42. The third-order valence-electron chi connectivity index (χ3n) is 4.28. The van der Waals surface area contributed by atoms with Gasteiger partial charge in [0.1, 0.15) is 0 Å². The second-order valence-electron chi connectivity index (χ2n) is 6.58. The molecule has 18 heavy (non-hydrogen) atoms. The molecular formula is C15H30N2O. The van der Waals surface area contributed by atoms with Crippen LogP contribution in [-0.2, 0) is 4.74 Å². The van der Waals surface area contributed by atoms with Crippen LogP contribution in [0.1, 0.15) is 40.5 Å². The number of nitrogens with one attached hydrogen (secondary N) is 1. The van der Waals surface area contributed by atoms with Crippen molar-refractivity contribution in [1.29, 1.82) is 0 Å². The van der Waals surface area contributed by atoms with E-state index in [4.69, 9.17) is 4.74 Å². The molecule has 1 N–H and O–H groups in total. The Hall–Kier alpha value is -0.120. The lowest BCUT2D eigenvalue weighted by molar-refractivity contribution is 0.0252. The van der Waals surface area contributed by atoms with Crippen LogP contribution in [0, 0.1) is 11.8 Å². The fraction of sp³-hybridized carbons (Fsp3) is 1.00. The topological polar surface area (TPSA) is 24.5 Å². The van der Waals surface area contributed by atoms with Crippen molar-refractivity contribution < 1.29 is 4.74 Å². The van der Waals surface area contributed by atoms with E-state index in [2.05, 4.69) is 37.9 Å². The molecule has 1 heterocycles. The Labute approximate surface area is 112 Å². The Morgan fingerprint density at radius 2 is 1.94 bits per heavy atom. The highest BCUT2D eigenvalue weighted by atomic mass is 16.5. The monoisotopic (exact) mass is 254 g/mol. The number of rotatable bonds is 6. The molecule has 2 aliphatic rings. The third-order valence-corrected chi connectivity index (χ3v) is 4.28. The van der Waals surface area contributed by atoms with E-state index in [0.717, 1.165) is 37.6 Å². The summed E-state index contributed by atoms with van der Waals surface area (Å²) in [6.45, 7) is 13.2. The SMILES string of the molecule is CC(C)OCCN1CC(C2CC2)NCC1C(C)C. The molecule has 2 fully saturated rings. The quantitative estimate of drug-likeness (QED) is 0.786. The number of ether oxygens (including phenoxy) is 1. The van der Waals surface area contributed by atoms with Gasteiger partial charge >= 0.3 is 0 Å². The number of hydrogen-bond acceptors (Lipinski definition) is 3. The predicted octanol–water partition coefficient (Wildman–Crippen LogP) is 2.12. The molecule has 0 spiro atoms. The lowest BCUT2D eigenvalue weighted by Crippen LogP contribution is -2.59. The highest BCUT2D eigenvalue weighted by Crippen LogP contribution is 2.34. The molecule has 2 unspecified atom stereocenters. The molecule has 0 bridgehead atoms. The molecule has 1 saturated heterocycles. The van der Waals surface area contributed by atoms with Gasteiger partial charge in [-0.25, -0.2) is 0 Å². The summed E-state index contributed by atoms with van der Waals surface area (Å²) in [6, 6.07) is 1.41. The van der Waals surface area contributed by atoms with Crippen LogP contribution in [0.4, 0.5) is 0 Å². The molecule has 3 nitrogen and oxygen atoms in total. The van der Waals surface area contributed by atoms with Gasteiger partial charge in [0.05, 0.1) is 12.7 Å². The average molecular weight is 254 g/mol. The standard InChI is InChI=1S/C15H30N2O/c1-11(2)15-9-16-14(13-5-6-13)10-17(15)7-8-18-12(3)4/h11-16H,5-10H2,1-4H3. The van der Waals surface area contributed by atoms with Crippen molar-refractivity contribution in [1.82, 2.24) is 10.2 Å². The minimum absolute atomic E-state index is 0.352. The van der Waals surface area contributed by atoms with Gasteiger partial charge in [-0.3, -0.25) is 4.90 Å². The maximum atomic E-state index is 5.72. The van der Waals surface area contributed by atoms with Crippen LogP contribution in [-0.4, -0.2) is 49.3 Å². The van der Waals surface area contributed by atoms with Crippen molar-refractivity contribution >= 4 is 0 Å². The first-order valence-corrected chi connectivity index (χ1v) is 7.67. The fourth-order valence-corrected chi connectivity index (χ4v) is 2.99. The van der Waals surface area contributed by atoms with Crippen LogP contribution in [0.25, 0.3) is 0 Å². The Bertz CT molecular complexity index is 251. The number of nitrogens with zero attached hydrogens (tertiary/aromatic N) is 1. The molecule has 0 aromatic heterocycles. The van der Waals surface area contributed by atoms with Gasteiger partial charge in [-0.15, -0.1) is 0 Å². The molecule has 0 aromatic rings. The van der Waals surface area contributed by atoms with Crippen LogP contribution in [0.2, 0.25) is 0 Å². The van der Waals surface area contributed by atoms with Crippen molar-refractivity contribution in [2.24, 2.45) is 11.8 Å². The Kier molecular flexibility index (Phi) is 5.05. The van der Waals surface area contributed by atoms with Gasteiger partial charge in [0.15, 0.2) is 0 Å². The Morgan fingerprint density at radius 1 is 1.22 bits per heavy atom. The minimum Gasteiger partial charge on any atom is -0.377 e. The van der Waals surface area contributed by atoms with E-state index in [1.165, 1.54) is 19.4 Å². The molecule has 1 saturated carbocycles. The Morgan fingerprint density at radius 3 is 2.50 bits per heavy atom. The second kappa shape index (κ2) is 6.36. The predicted molar refractivity (Wildman–Crippen MR) is 75.8 cm³/mol. The van der Waals surface area contributed by atoms with Gasteiger partial charge < -0.3 is 10.1 Å². The molecule has 2 rings (SSSR count). The summed E-state index contributed by atoms with van der Waals surface area (Å²) in [5, 5.41) is 3.76. The minimum atomic E-state index is 0.352. The summed E-state index contributed by atoms with van der Waals surface area (Å²) in [5.74, 6) is 1.67. The molecule has 1 aliphatic carbocycles. The summed E-state index contributed by atoms with van der Waals surface area (Å²) >= 11 is 0. The van der Waals surface area contributed by atoms with E-state index in [1.807, 2.05) is 0 Å². The first kappa shape index (κ1) is 14.3. The third kappa shape index (κ3) is 3.94. The van der Waals surface area contributed by atoms with Crippen molar-refractivity contribution in [2.45, 2.75) is 58.7 Å². The van der Waals surface area contributed by atoms with E-state index >= 15 is 0 Å². The van der Waals surface area contributed by atoms with Gasteiger partial charge in [0, 0.05) is 31.7 Å². The summed E-state index contributed by atoms with van der Waals surface area (Å²) < 4.78 is 5.72. The van der Waals surface area contributed by atoms with Crippen LogP contribution < -0.4 is 5.32 Å². The van der Waals surface area contributed by atoms with Crippen molar-refractivity contribution in [3.63, 3.8) is 0 Å². The fourth-order valence-electron chi connectivity index (χ4n) is 2.99. The molecule has 0 radical (unpaired) electrons. The molecule has 2 atom stereocenters. The largest absolute Gasteiger partial charge is 0.377 e. The first-order chi connectivity index (χ1) is 8.58. The van der Waals surface area contributed by atoms with E-state index in [0.29, 0.717) is 12.1 Å². The van der Waals surface area contributed by atoms with Gasteiger partial charge in [0.25, 0.3) is 0 Å². The maximum Gasteiger partial charge on any atom is 0.0597 e. The van der Waals surface area contributed by atoms with E-state index < -0.39 is 0 Å². The summed E-state index contributed by atoms with van der Waals surface area (Å²) in [6.07, 6.45) is 3.21. The zero-order chi connectivity index (χ0) is 13.1. The lowest BCUT2D eigenvalue weighted by atomic mass is 9.97. The average Bonchev–Trinajstić information content (AvgIpc) is 3.11. The zero-order valence-corrected chi connectivity index (χ0v) is 12.5. The van der Waals surface area contributed by atoms with Crippen molar-refractivity contribution in [2.75, 3.05) is 26.2 Å². The summed E-state index contributed by atoms with van der Waals surface area (Å²) in [7, 11) is 0. The first-order valence-electron chi connectivity index (χ1n) is 7.67. The number of hydrogen-bond donors (Lipinski definition) is 1. The highest BCUT2D eigenvalue weighted by molar-refractivity contribution is 4.95.